The Kier molecular flexibility index (Phi) is 6.65. The van der Waals surface area contributed by atoms with Gasteiger partial charge in [0.25, 0.3) is 5.91 Å². The van der Waals surface area contributed by atoms with Crippen LogP contribution in [0.15, 0.2) is 23.1 Å². The molecule has 9 nitrogen and oxygen atoms in total. The molecule has 1 N–H and O–H groups in total. The summed E-state index contributed by atoms with van der Waals surface area (Å²) in [5.74, 6) is -1.75. The average Bonchev–Trinajstić information content (AvgIpc) is 2.54. The highest BCUT2D eigenvalue weighted by molar-refractivity contribution is 7.89. The maximum Gasteiger partial charge on any atom is 0.413 e. The summed E-state index contributed by atoms with van der Waals surface area (Å²) in [7, 11) is 0.0889. The molecule has 0 aromatic heterocycles. The molecule has 10 heteroatoms. The summed E-state index contributed by atoms with van der Waals surface area (Å²) in [6, 6.07) is 4.01. The van der Waals surface area contributed by atoms with Crippen molar-refractivity contribution in [3.8, 4) is 0 Å². The van der Waals surface area contributed by atoms with Gasteiger partial charge in [0.05, 0.1) is 17.6 Å². The third kappa shape index (κ3) is 5.00. The van der Waals surface area contributed by atoms with Gasteiger partial charge in [0.15, 0.2) is 6.10 Å². The van der Waals surface area contributed by atoms with Crippen molar-refractivity contribution in [3.05, 3.63) is 29.3 Å². The van der Waals surface area contributed by atoms with E-state index in [2.05, 4.69) is 4.74 Å². The van der Waals surface area contributed by atoms with Gasteiger partial charge in [-0.3, -0.25) is 10.1 Å². The van der Waals surface area contributed by atoms with Gasteiger partial charge in [-0.2, -0.15) is 0 Å². The minimum atomic E-state index is -3.73. The predicted molar refractivity (Wildman–Crippen MR) is 87.5 cm³/mol. The molecule has 0 fully saturated rings. The van der Waals surface area contributed by atoms with E-state index in [1.807, 2.05) is 5.32 Å². The number of rotatable bonds is 5. The lowest BCUT2D eigenvalue weighted by molar-refractivity contribution is -0.128. The van der Waals surface area contributed by atoms with Gasteiger partial charge in [-0.15, -0.1) is 0 Å². The van der Waals surface area contributed by atoms with Crippen LogP contribution in [-0.4, -0.2) is 58.0 Å². The molecule has 0 unspecified atom stereocenters. The van der Waals surface area contributed by atoms with Gasteiger partial charge >= 0.3 is 12.1 Å². The number of hydrogen-bond acceptors (Lipinski definition) is 7. The van der Waals surface area contributed by atoms with Gasteiger partial charge in [0.2, 0.25) is 10.0 Å². The number of alkyl carbamates (subject to hydrolysis) is 1. The molecule has 0 radical (unpaired) electrons. The lowest BCUT2D eigenvalue weighted by Crippen LogP contribution is -2.39. The smallest absolute Gasteiger partial charge is 0.413 e. The fourth-order valence-electron chi connectivity index (χ4n) is 1.72. The van der Waals surface area contributed by atoms with Gasteiger partial charge < -0.3 is 9.47 Å². The number of ether oxygens (including phenoxy) is 2. The van der Waals surface area contributed by atoms with Gasteiger partial charge in [-0.1, -0.05) is 6.07 Å². The molecule has 0 spiro atoms. The van der Waals surface area contributed by atoms with Crippen LogP contribution in [0.2, 0.25) is 0 Å². The van der Waals surface area contributed by atoms with E-state index in [0.29, 0.717) is 5.56 Å². The Bertz CT molecular complexity index is 787. The summed E-state index contributed by atoms with van der Waals surface area (Å²) >= 11 is 0. The lowest BCUT2D eigenvalue weighted by Gasteiger charge is -2.15. The third-order valence-corrected chi connectivity index (χ3v) is 5.08. The van der Waals surface area contributed by atoms with Gasteiger partial charge in [-0.25, -0.2) is 22.3 Å². The Morgan fingerprint density at radius 2 is 1.80 bits per heavy atom. The zero-order chi connectivity index (χ0) is 19.4. The Morgan fingerprint density at radius 1 is 1.20 bits per heavy atom. The van der Waals surface area contributed by atoms with Crippen LogP contribution in [0.3, 0.4) is 0 Å². The van der Waals surface area contributed by atoms with Crippen LogP contribution in [0.4, 0.5) is 4.79 Å². The molecule has 0 aliphatic heterocycles. The highest BCUT2D eigenvalue weighted by Gasteiger charge is 2.24. The van der Waals surface area contributed by atoms with E-state index in [0.717, 1.165) is 11.4 Å². The van der Waals surface area contributed by atoms with E-state index in [1.165, 1.54) is 39.2 Å². The van der Waals surface area contributed by atoms with E-state index in [9.17, 15) is 22.8 Å². The summed E-state index contributed by atoms with van der Waals surface area (Å²) < 4.78 is 34.6. The molecule has 0 aliphatic rings. The summed E-state index contributed by atoms with van der Waals surface area (Å²) in [6.45, 7) is 2.87. The summed E-state index contributed by atoms with van der Waals surface area (Å²) in [5.41, 5.74) is 0.476. The monoisotopic (exact) mass is 372 g/mol. The maximum absolute atomic E-state index is 12.3. The lowest BCUT2D eigenvalue weighted by atomic mass is 10.1. The number of amides is 2. The Labute approximate surface area is 145 Å². The predicted octanol–water partition coefficient (Wildman–Crippen LogP) is 0.673. The molecule has 0 aliphatic carbocycles. The van der Waals surface area contributed by atoms with Crippen LogP contribution >= 0.6 is 0 Å². The second-order valence-corrected chi connectivity index (χ2v) is 7.44. The molecule has 2 amide bonds. The fraction of sp³-hybridized carbons (Fsp3) is 0.400. The number of carbonyl (C=O) groups is 3. The van der Waals surface area contributed by atoms with Crippen LogP contribution < -0.4 is 5.32 Å². The molecular weight excluding hydrogens is 352 g/mol. The van der Waals surface area contributed by atoms with Crippen LogP contribution in [0.25, 0.3) is 0 Å². The topological polar surface area (TPSA) is 119 Å². The van der Waals surface area contributed by atoms with Crippen molar-refractivity contribution < 1.29 is 32.3 Å². The molecule has 0 saturated carbocycles. The maximum atomic E-state index is 12.3. The molecule has 138 valence electrons. The van der Waals surface area contributed by atoms with Crippen LogP contribution in [-0.2, 0) is 24.3 Å². The van der Waals surface area contributed by atoms with Crippen molar-refractivity contribution in [3.63, 3.8) is 0 Å². The standard InChI is InChI=1S/C15H20N2O7S/c1-9-6-7-11(25(21,22)17(3)4)8-12(9)14(19)24-10(2)13(18)16-15(20)23-5/h6-8,10H,1-5H3,(H,16,18,20)/t10-/m1/s1. The minimum Gasteiger partial charge on any atom is -0.453 e. The van der Waals surface area contributed by atoms with Crippen molar-refractivity contribution in [1.82, 2.24) is 9.62 Å². The van der Waals surface area contributed by atoms with Crippen molar-refractivity contribution >= 4 is 28.0 Å². The molecule has 0 heterocycles. The zero-order valence-electron chi connectivity index (χ0n) is 14.5. The number of nitrogens with zero attached hydrogens (tertiary/aromatic N) is 1. The van der Waals surface area contributed by atoms with Crippen molar-refractivity contribution in [1.29, 1.82) is 0 Å². The summed E-state index contributed by atoms with van der Waals surface area (Å²) in [6.07, 6.45) is -2.26. The van der Waals surface area contributed by atoms with Crippen LogP contribution in [0.5, 0.6) is 0 Å². The Hall–Kier alpha value is -2.46. The van der Waals surface area contributed by atoms with Crippen molar-refractivity contribution in [2.75, 3.05) is 21.2 Å². The Morgan fingerprint density at radius 3 is 2.32 bits per heavy atom. The summed E-state index contributed by atoms with van der Waals surface area (Å²) in [4.78, 5) is 34.9. The van der Waals surface area contributed by atoms with Crippen molar-refractivity contribution in [2.24, 2.45) is 0 Å². The van der Waals surface area contributed by atoms with Gasteiger partial charge in [-0.05, 0) is 31.5 Å². The molecule has 1 rings (SSSR count). The SMILES string of the molecule is COC(=O)NC(=O)[C@@H](C)OC(=O)c1cc(S(=O)(=O)N(C)C)ccc1C. The molecule has 0 saturated heterocycles. The van der Waals surface area contributed by atoms with Gasteiger partial charge in [0.1, 0.15) is 0 Å². The first-order chi connectivity index (χ1) is 11.5. The average molecular weight is 372 g/mol. The number of aryl methyl sites for hydroxylation is 1. The number of carbonyl (C=O) groups excluding carboxylic acids is 3. The minimum absolute atomic E-state index is 0.000595. The second kappa shape index (κ2) is 8.08. The molecular formula is C15H20N2O7S. The van der Waals surface area contributed by atoms with Gasteiger partial charge in [0, 0.05) is 14.1 Å². The molecule has 0 bridgehead atoms. The first kappa shape index (κ1) is 20.6. The number of hydrogen-bond donors (Lipinski definition) is 1. The van der Waals surface area contributed by atoms with Crippen molar-refractivity contribution in [2.45, 2.75) is 24.8 Å². The van der Waals surface area contributed by atoms with E-state index in [-0.39, 0.29) is 10.5 Å². The van der Waals surface area contributed by atoms with Crippen LogP contribution in [0.1, 0.15) is 22.8 Å². The Balaban J connectivity index is 3.02. The van der Waals surface area contributed by atoms with E-state index < -0.39 is 34.1 Å². The largest absolute Gasteiger partial charge is 0.453 e. The number of esters is 1. The summed E-state index contributed by atoms with van der Waals surface area (Å²) in [5, 5.41) is 1.87. The molecule has 25 heavy (non-hydrogen) atoms. The number of imide groups is 1. The first-order valence-corrected chi connectivity index (χ1v) is 8.57. The molecule has 1 atom stereocenters. The van der Waals surface area contributed by atoms with E-state index in [1.54, 1.807) is 6.92 Å². The molecule has 1 aromatic carbocycles. The highest BCUT2D eigenvalue weighted by atomic mass is 32.2. The second-order valence-electron chi connectivity index (χ2n) is 5.29. The highest BCUT2D eigenvalue weighted by Crippen LogP contribution is 2.19. The van der Waals surface area contributed by atoms with E-state index in [4.69, 9.17) is 4.74 Å². The quantitative estimate of drug-likeness (QED) is 0.755. The first-order valence-electron chi connectivity index (χ1n) is 7.13. The number of nitrogens with one attached hydrogen (secondary N) is 1. The van der Waals surface area contributed by atoms with Crippen LogP contribution in [0, 0.1) is 6.92 Å². The third-order valence-electron chi connectivity index (χ3n) is 3.27. The number of methoxy groups -OCH3 is 1. The van der Waals surface area contributed by atoms with E-state index >= 15 is 0 Å². The number of sulfonamides is 1. The zero-order valence-corrected chi connectivity index (χ0v) is 15.3. The molecule has 1 aromatic rings. The normalized spacial score (nSPS) is 12.4. The number of benzene rings is 1. The fourth-order valence-corrected chi connectivity index (χ4v) is 2.65.